The number of benzene rings is 3. The molecule has 2 heterocycles. The summed E-state index contributed by atoms with van der Waals surface area (Å²) >= 11 is 7.58. The van der Waals surface area contributed by atoms with Crippen LogP contribution in [0.1, 0.15) is 45.2 Å². The predicted octanol–water partition coefficient (Wildman–Crippen LogP) is 6.28. The molecule has 0 saturated carbocycles. The number of nitrogens with one attached hydrogen (secondary N) is 1. The second kappa shape index (κ2) is 12.1. The standard InChI is InChI=1S/C32H29ClN2O4S/c1-20(36)35-29(23-7-4-3-5-8-23)28(31(37)26-9-6-18-40-26)27(22-12-14-24(33)15-13-22)30(35)32(38)34-19-21-10-16-25(39-2)17-11-21/h3-18,27-30H,19H2,1-2H3,(H,34,38). The highest BCUT2D eigenvalue weighted by atomic mass is 35.5. The summed E-state index contributed by atoms with van der Waals surface area (Å²) in [5.41, 5.74) is 2.46. The van der Waals surface area contributed by atoms with Crippen molar-refractivity contribution in [1.29, 1.82) is 0 Å². The number of ketones is 1. The molecule has 0 spiro atoms. The minimum absolute atomic E-state index is 0.0968. The predicted molar refractivity (Wildman–Crippen MR) is 157 cm³/mol. The number of Topliss-reactive ketones (excluding diaryl/α,β-unsaturated/α-hetero) is 1. The van der Waals surface area contributed by atoms with Crippen molar-refractivity contribution in [1.82, 2.24) is 10.2 Å². The van der Waals surface area contributed by atoms with Crippen LogP contribution in [-0.4, -0.2) is 35.6 Å². The Morgan fingerprint density at radius 2 is 1.60 bits per heavy atom. The number of methoxy groups -OCH3 is 1. The third-order valence-electron chi connectivity index (χ3n) is 7.39. The van der Waals surface area contributed by atoms with Gasteiger partial charge < -0.3 is 15.0 Å². The van der Waals surface area contributed by atoms with Crippen LogP contribution in [-0.2, 0) is 16.1 Å². The molecule has 8 heteroatoms. The van der Waals surface area contributed by atoms with E-state index in [1.807, 2.05) is 78.2 Å². The number of hydrogen-bond donors (Lipinski definition) is 1. The van der Waals surface area contributed by atoms with Gasteiger partial charge in [0.15, 0.2) is 5.78 Å². The van der Waals surface area contributed by atoms with Gasteiger partial charge in [-0.2, -0.15) is 0 Å². The maximum atomic E-state index is 14.2. The van der Waals surface area contributed by atoms with Crippen LogP contribution in [0.15, 0.2) is 96.4 Å². The molecule has 4 aromatic rings. The Hall–Kier alpha value is -3.94. The number of likely N-dealkylation sites (tertiary alicyclic amines) is 1. The summed E-state index contributed by atoms with van der Waals surface area (Å²) in [7, 11) is 1.60. The lowest BCUT2D eigenvalue weighted by Gasteiger charge is -2.30. The monoisotopic (exact) mass is 572 g/mol. The zero-order chi connectivity index (χ0) is 28.2. The van der Waals surface area contributed by atoms with Gasteiger partial charge in [0.1, 0.15) is 11.8 Å². The number of ether oxygens (including phenoxy) is 1. The normalized spacial score (nSPS) is 20.2. The molecule has 3 aromatic carbocycles. The zero-order valence-electron chi connectivity index (χ0n) is 22.1. The largest absolute Gasteiger partial charge is 0.497 e. The van der Waals surface area contributed by atoms with Crippen molar-refractivity contribution < 1.29 is 19.1 Å². The first kappa shape index (κ1) is 27.6. The fourth-order valence-electron chi connectivity index (χ4n) is 5.61. The molecular weight excluding hydrogens is 544 g/mol. The quantitative estimate of drug-likeness (QED) is 0.252. The van der Waals surface area contributed by atoms with Crippen LogP contribution < -0.4 is 10.1 Å². The molecule has 204 valence electrons. The molecule has 5 rings (SSSR count). The summed E-state index contributed by atoms with van der Waals surface area (Å²) in [6.07, 6.45) is 0. The highest BCUT2D eigenvalue weighted by Crippen LogP contribution is 2.51. The summed E-state index contributed by atoms with van der Waals surface area (Å²) in [6, 6.07) is 26.2. The van der Waals surface area contributed by atoms with Crippen molar-refractivity contribution in [3.05, 3.63) is 123 Å². The Bertz CT molecular complexity index is 1470. The molecule has 1 aliphatic heterocycles. The van der Waals surface area contributed by atoms with E-state index in [4.69, 9.17) is 16.3 Å². The lowest BCUT2D eigenvalue weighted by atomic mass is 9.77. The van der Waals surface area contributed by atoms with E-state index in [9.17, 15) is 14.4 Å². The molecule has 0 aliphatic carbocycles. The molecule has 0 bridgehead atoms. The van der Waals surface area contributed by atoms with Crippen molar-refractivity contribution >= 4 is 40.5 Å². The summed E-state index contributed by atoms with van der Waals surface area (Å²) in [5.74, 6) is -1.27. The van der Waals surface area contributed by atoms with E-state index >= 15 is 0 Å². The highest BCUT2D eigenvalue weighted by Gasteiger charge is 2.56. The topological polar surface area (TPSA) is 75.7 Å². The Morgan fingerprint density at radius 3 is 2.20 bits per heavy atom. The summed E-state index contributed by atoms with van der Waals surface area (Å²) in [5, 5.41) is 5.44. The third-order valence-corrected chi connectivity index (χ3v) is 8.52. The van der Waals surface area contributed by atoms with Gasteiger partial charge in [-0.25, -0.2) is 0 Å². The number of amides is 2. The summed E-state index contributed by atoms with van der Waals surface area (Å²) < 4.78 is 5.23. The van der Waals surface area contributed by atoms with Crippen LogP contribution in [0.4, 0.5) is 0 Å². The van der Waals surface area contributed by atoms with Crippen LogP contribution >= 0.6 is 22.9 Å². The number of rotatable bonds is 8. The van der Waals surface area contributed by atoms with Crippen LogP contribution in [0.3, 0.4) is 0 Å². The molecule has 4 unspecified atom stereocenters. The van der Waals surface area contributed by atoms with Crippen molar-refractivity contribution in [3.63, 3.8) is 0 Å². The lowest BCUT2D eigenvalue weighted by molar-refractivity contribution is -0.139. The smallest absolute Gasteiger partial charge is 0.243 e. The maximum absolute atomic E-state index is 14.2. The van der Waals surface area contributed by atoms with Gasteiger partial charge in [-0.3, -0.25) is 14.4 Å². The van der Waals surface area contributed by atoms with E-state index in [0.717, 1.165) is 22.4 Å². The average Bonchev–Trinajstić information content (AvgIpc) is 3.64. The van der Waals surface area contributed by atoms with Crippen LogP contribution in [0.2, 0.25) is 5.02 Å². The van der Waals surface area contributed by atoms with Gasteiger partial charge in [0.05, 0.1) is 23.9 Å². The first-order valence-corrected chi connectivity index (χ1v) is 14.2. The Morgan fingerprint density at radius 1 is 0.900 bits per heavy atom. The van der Waals surface area contributed by atoms with E-state index in [1.165, 1.54) is 18.3 Å². The molecule has 1 N–H and O–H groups in total. The van der Waals surface area contributed by atoms with E-state index < -0.39 is 23.9 Å². The molecule has 2 amide bonds. The highest BCUT2D eigenvalue weighted by molar-refractivity contribution is 7.12. The van der Waals surface area contributed by atoms with Crippen molar-refractivity contribution in [3.8, 4) is 5.75 Å². The molecule has 1 aliphatic rings. The Kier molecular flexibility index (Phi) is 8.33. The molecule has 1 saturated heterocycles. The molecule has 6 nitrogen and oxygen atoms in total. The number of hydrogen-bond acceptors (Lipinski definition) is 5. The Balaban J connectivity index is 1.61. The number of halogens is 1. The van der Waals surface area contributed by atoms with E-state index in [2.05, 4.69) is 5.32 Å². The van der Waals surface area contributed by atoms with Gasteiger partial charge in [-0.05, 0) is 52.4 Å². The first-order valence-electron chi connectivity index (χ1n) is 13.0. The van der Waals surface area contributed by atoms with Crippen molar-refractivity contribution in [2.24, 2.45) is 5.92 Å². The van der Waals surface area contributed by atoms with Crippen LogP contribution in [0.25, 0.3) is 0 Å². The number of thiophene rings is 1. The van der Waals surface area contributed by atoms with E-state index in [0.29, 0.717) is 9.90 Å². The second-order valence-electron chi connectivity index (χ2n) is 9.74. The number of nitrogens with zero attached hydrogens (tertiary/aromatic N) is 1. The van der Waals surface area contributed by atoms with Gasteiger partial charge in [-0.1, -0.05) is 72.3 Å². The second-order valence-corrected chi connectivity index (χ2v) is 11.1. The molecule has 4 atom stereocenters. The summed E-state index contributed by atoms with van der Waals surface area (Å²) in [6.45, 7) is 1.72. The number of carbonyl (C=O) groups is 3. The molecular formula is C32H29ClN2O4S. The van der Waals surface area contributed by atoms with Crippen LogP contribution in [0, 0.1) is 5.92 Å². The summed E-state index contributed by atoms with van der Waals surface area (Å²) in [4.78, 5) is 43.9. The average molecular weight is 573 g/mol. The zero-order valence-corrected chi connectivity index (χ0v) is 23.7. The Labute approximate surface area is 242 Å². The van der Waals surface area contributed by atoms with E-state index in [1.54, 1.807) is 30.2 Å². The van der Waals surface area contributed by atoms with Gasteiger partial charge >= 0.3 is 0 Å². The first-order chi connectivity index (χ1) is 19.4. The fourth-order valence-corrected chi connectivity index (χ4v) is 6.45. The molecule has 1 fully saturated rings. The number of carbonyl (C=O) groups excluding carboxylic acids is 3. The minimum Gasteiger partial charge on any atom is -0.497 e. The van der Waals surface area contributed by atoms with Crippen molar-refractivity contribution in [2.75, 3.05) is 7.11 Å². The van der Waals surface area contributed by atoms with E-state index in [-0.39, 0.29) is 24.1 Å². The van der Waals surface area contributed by atoms with Crippen molar-refractivity contribution in [2.45, 2.75) is 31.5 Å². The molecule has 1 aromatic heterocycles. The minimum atomic E-state index is -0.920. The van der Waals surface area contributed by atoms with Gasteiger partial charge in [0, 0.05) is 24.4 Å². The van der Waals surface area contributed by atoms with Gasteiger partial charge in [0.25, 0.3) is 0 Å². The van der Waals surface area contributed by atoms with Gasteiger partial charge in [-0.15, -0.1) is 11.3 Å². The van der Waals surface area contributed by atoms with Crippen LogP contribution in [0.5, 0.6) is 5.75 Å². The molecule has 40 heavy (non-hydrogen) atoms. The fraction of sp³-hybridized carbons (Fsp3) is 0.219. The van der Waals surface area contributed by atoms with Gasteiger partial charge in [0.2, 0.25) is 11.8 Å². The third kappa shape index (κ3) is 5.53. The lowest BCUT2D eigenvalue weighted by Crippen LogP contribution is -2.47. The molecule has 0 radical (unpaired) electrons. The maximum Gasteiger partial charge on any atom is 0.243 e. The SMILES string of the molecule is COc1ccc(CNC(=O)C2C(c3ccc(Cl)cc3)C(C(=O)c3cccs3)C(c3ccccc3)N2C(C)=O)cc1.